The highest BCUT2D eigenvalue weighted by Gasteiger charge is 2.23. The van der Waals surface area contributed by atoms with Gasteiger partial charge in [0, 0.05) is 17.7 Å². The van der Waals surface area contributed by atoms with Crippen LogP contribution in [0.2, 0.25) is 5.02 Å². The van der Waals surface area contributed by atoms with Gasteiger partial charge < -0.3 is 15.4 Å². The van der Waals surface area contributed by atoms with Gasteiger partial charge in [0.2, 0.25) is 0 Å². The van der Waals surface area contributed by atoms with E-state index >= 15 is 0 Å². The first-order valence-corrected chi connectivity index (χ1v) is 14.6. The Bertz CT molecular complexity index is 1660. The van der Waals surface area contributed by atoms with Gasteiger partial charge in [-0.25, -0.2) is 13.1 Å². The SMILES string of the molecule is COc1ccccc1CCNC(=O)c1sccc1NC(=O)c1ccc(S(=O)(=O)NC(=O)c2ccccc2)c(Cl)c1. The lowest BCUT2D eigenvalue weighted by Crippen LogP contribution is -2.30. The zero-order valence-corrected chi connectivity index (χ0v) is 23.5. The second-order valence-electron chi connectivity index (χ2n) is 8.38. The monoisotopic (exact) mass is 597 g/mol. The molecule has 3 N–H and O–H groups in total. The standard InChI is InChI=1S/C28H24ClN3O6S2/c1-38-23-10-6-5-7-18(23)13-15-30-28(35)25-22(14-16-39-25)31-26(33)20-11-12-24(21(29)17-20)40(36,37)32-27(34)19-8-3-2-4-9-19/h2-12,14,16-17H,13,15H2,1H3,(H,30,35)(H,31,33)(H,32,34). The Labute approximate surface area is 240 Å². The summed E-state index contributed by atoms with van der Waals surface area (Å²) < 4.78 is 32.8. The van der Waals surface area contributed by atoms with Crippen LogP contribution in [0.1, 0.15) is 36.0 Å². The first kappa shape index (κ1) is 28.8. The number of hydrogen-bond donors (Lipinski definition) is 3. The van der Waals surface area contributed by atoms with Crippen molar-refractivity contribution in [3.05, 3.63) is 111 Å². The number of carbonyl (C=O) groups excluding carboxylic acids is 3. The molecule has 0 bridgehead atoms. The summed E-state index contributed by atoms with van der Waals surface area (Å²) >= 11 is 7.36. The first-order valence-electron chi connectivity index (χ1n) is 11.9. The van der Waals surface area contributed by atoms with Crippen LogP contribution < -0.4 is 20.1 Å². The van der Waals surface area contributed by atoms with E-state index < -0.39 is 21.8 Å². The predicted molar refractivity (Wildman–Crippen MR) is 154 cm³/mol. The third kappa shape index (κ3) is 6.87. The molecule has 0 unspecified atom stereocenters. The summed E-state index contributed by atoms with van der Waals surface area (Å²) in [6.07, 6.45) is 0.558. The third-order valence-corrected chi connectivity index (χ3v) is 8.47. The lowest BCUT2D eigenvalue weighted by Gasteiger charge is -2.11. The molecule has 4 aromatic rings. The molecule has 0 aliphatic carbocycles. The van der Waals surface area contributed by atoms with Crippen molar-refractivity contribution in [2.24, 2.45) is 0 Å². The minimum Gasteiger partial charge on any atom is -0.496 e. The van der Waals surface area contributed by atoms with E-state index in [0.29, 0.717) is 23.5 Å². The maximum absolute atomic E-state index is 12.9. The molecule has 9 nitrogen and oxygen atoms in total. The lowest BCUT2D eigenvalue weighted by molar-refractivity contribution is 0.0956. The number of amides is 3. The molecule has 0 aliphatic rings. The number of benzene rings is 3. The molecular weight excluding hydrogens is 574 g/mol. The molecule has 0 fully saturated rings. The number of methoxy groups -OCH3 is 1. The zero-order valence-electron chi connectivity index (χ0n) is 21.1. The Hall–Kier alpha value is -4.19. The molecule has 0 saturated carbocycles. The molecule has 3 amide bonds. The molecule has 1 aromatic heterocycles. The van der Waals surface area contributed by atoms with Gasteiger partial charge in [-0.05, 0) is 59.8 Å². The number of halogens is 1. The average molecular weight is 598 g/mol. The van der Waals surface area contributed by atoms with Crippen molar-refractivity contribution in [1.29, 1.82) is 0 Å². The van der Waals surface area contributed by atoms with Crippen LogP contribution >= 0.6 is 22.9 Å². The normalized spacial score (nSPS) is 10.9. The number of ether oxygens (including phenoxy) is 1. The fourth-order valence-corrected chi connectivity index (χ4v) is 6.05. The van der Waals surface area contributed by atoms with Crippen LogP contribution in [0.4, 0.5) is 5.69 Å². The van der Waals surface area contributed by atoms with Crippen molar-refractivity contribution in [2.75, 3.05) is 19.0 Å². The summed E-state index contributed by atoms with van der Waals surface area (Å²) in [4.78, 5) is 37.9. The number of anilines is 1. The molecule has 0 aliphatic heterocycles. The highest BCUT2D eigenvalue weighted by molar-refractivity contribution is 7.90. The van der Waals surface area contributed by atoms with E-state index in [2.05, 4.69) is 10.6 Å². The Morgan fingerprint density at radius 2 is 1.60 bits per heavy atom. The van der Waals surface area contributed by atoms with Crippen LogP contribution in [-0.4, -0.2) is 39.8 Å². The van der Waals surface area contributed by atoms with E-state index in [1.807, 2.05) is 29.0 Å². The number of hydrogen-bond acceptors (Lipinski definition) is 7. The topological polar surface area (TPSA) is 131 Å². The zero-order chi connectivity index (χ0) is 28.7. The van der Waals surface area contributed by atoms with E-state index in [1.54, 1.807) is 36.8 Å². The van der Waals surface area contributed by atoms with Crippen LogP contribution in [0.3, 0.4) is 0 Å². The summed E-state index contributed by atoms with van der Waals surface area (Å²) in [5.41, 5.74) is 1.47. The van der Waals surface area contributed by atoms with Gasteiger partial charge in [0.25, 0.3) is 27.7 Å². The van der Waals surface area contributed by atoms with Gasteiger partial charge in [0.1, 0.15) is 15.5 Å². The molecule has 0 radical (unpaired) electrons. The van der Waals surface area contributed by atoms with Crippen molar-refractivity contribution >= 4 is 56.4 Å². The smallest absolute Gasteiger partial charge is 0.265 e. The average Bonchev–Trinajstić information content (AvgIpc) is 3.41. The van der Waals surface area contributed by atoms with E-state index in [1.165, 1.54) is 24.3 Å². The van der Waals surface area contributed by atoms with E-state index in [9.17, 15) is 22.8 Å². The highest BCUT2D eigenvalue weighted by atomic mass is 35.5. The molecule has 12 heteroatoms. The minimum absolute atomic E-state index is 0.0621. The Balaban J connectivity index is 1.40. The summed E-state index contributed by atoms with van der Waals surface area (Å²) in [6.45, 7) is 0.358. The molecule has 0 atom stereocenters. The van der Waals surface area contributed by atoms with Crippen molar-refractivity contribution in [2.45, 2.75) is 11.3 Å². The summed E-state index contributed by atoms with van der Waals surface area (Å²) in [7, 11) is -2.72. The second-order valence-corrected chi connectivity index (χ2v) is 11.4. The maximum Gasteiger partial charge on any atom is 0.265 e. The Morgan fingerprint density at radius 3 is 2.33 bits per heavy atom. The second kappa shape index (κ2) is 12.8. The number of carbonyl (C=O) groups is 3. The third-order valence-electron chi connectivity index (χ3n) is 5.74. The quantitative estimate of drug-likeness (QED) is 0.242. The fraction of sp³-hybridized carbons (Fsp3) is 0.107. The van der Waals surface area contributed by atoms with Crippen LogP contribution in [0.25, 0.3) is 0 Å². The number of nitrogens with one attached hydrogen (secondary N) is 3. The van der Waals surface area contributed by atoms with Crippen molar-refractivity contribution in [3.8, 4) is 5.75 Å². The van der Waals surface area contributed by atoms with Gasteiger partial charge in [-0.1, -0.05) is 48.0 Å². The highest BCUT2D eigenvalue weighted by Crippen LogP contribution is 2.26. The summed E-state index contributed by atoms with van der Waals surface area (Å²) in [5, 5.41) is 6.93. The van der Waals surface area contributed by atoms with Gasteiger partial charge in [0.05, 0.1) is 17.8 Å². The van der Waals surface area contributed by atoms with Crippen LogP contribution in [0.15, 0.2) is 89.1 Å². The van der Waals surface area contributed by atoms with Gasteiger partial charge in [0.15, 0.2) is 0 Å². The maximum atomic E-state index is 12.9. The molecule has 206 valence electrons. The molecule has 1 heterocycles. The van der Waals surface area contributed by atoms with Crippen molar-refractivity contribution in [1.82, 2.24) is 10.0 Å². The van der Waals surface area contributed by atoms with Gasteiger partial charge in [-0.2, -0.15) is 0 Å². The molecular formula is C28H24ClN3O6S2. The summed E-state index contributed by atoms with van der Waals surface area (Å²) in [5.74, 6) is -1.03. The van der Waals surface area contributed by atoms with Gasteiger partial charge in [-0.15, -0.1) is 11.3 Å². The number of thiophene rings is 1. The number of sulfonamides is 1. The van der Waals surface area contributed by atoms with E-state index in [4.69, 9.17) is 16.3 Å². The minimum atomic E-state index is -4.30. The fourth-order valence-electron chi connectivity index (χ4n) is 3.76. The van der Waals surface area contributed by atoms with Crippen molar-refractivity contribution < 1.29 is 27.5 Å². The molecule has 0 spiro atoms. The van der Waals surface area contributed by atoms with Crippen LogP contribution in [-0.2, 0) is 16.4 Å². The molecule has 0 saturated heterocycles. The molecule has 3 aromatic carbocycles. The first-order chi connectivity index (χ1) is 19.2. The van der Waals surface area contributed by atoms with Gasteiger partial charge >= 0.3 is 0 Å². The molecule has 40 heavy (non-hydrogen) atoms. The van der Waals surface area contributed by atoms with Crippen LogP contribution in [0, 0.1) is 0 Å². The lowest BCUT2D eigenvalue weighted by atomic mass is 10.1. The Kier molecular flexibility index (Phi) is 9.20. The molecule has 4 rings (SSSR count). The summed E-state index contributed by atoms with van der Waals surface area (Å²) in [6, 6.07) is 20.5. The van der Waals surface area contributed by atoms with E-state index in [0.717, 1.165) is 28.7 Å². The van der Waals surface area contributed by atoms with Crippen molar-refractivity contribution in [3.63, 3.8) is 0 Å². The van der Waals surface area contributed by atoms with Gasteiger partial charge in [-0.3, -0.25) is 14.4 Å². The van der Waals surface area contributed by atoms with Crippen LogP contribution in [0.5, 0.6) is 5.75 Å². The predicted octanol–water partition coefficient (Wildman–Crippen LogP) is 4.75. The number of rotatable bonds is 10. The number of para-hydroxylation sites is 1. The van der Waals surface area contributed by atoms with E-state index in [-0.39, 0.29) is 27.0 Å². The Morgan fingerprint density at radius 1 is 0.875 bits per heavy atom. The largest absolute Gasteiger partial charge is 0.496 e.